The molecule has 2 heterocycles. The van der Waals surface area contributed by atoms with E-state index < -0.39 is 8.07 Å². The molecule has 5 nitrogen and oxygen atoms in total. The van der Waals surface area contributed by atoms with Crippen LogP contribution in [0.5, 0.6) is 0 Å². The standard InChI is InChI=1S/C10H14BrN5Si/c1-17(2,3)10-7-16(15-14-10)6-9-12-5-4-8(11)13-9/h4-5,7H,6H2,1-3H3. The lowest BCUT2D eigenvalue weighted by Gasteiger charge is -2.09. The molecule has 0 amide bonds. The molecule has 2 aromatic rings. The van der Waals surface area contributed by atoms with Gasteiger partial charge < -0.3 is 0 Å². The highest BCUT2D eigenvalue weighted by molar-refractivity contribution is 9.10. The predicted octanol–water partition coefficient (Wildman–Crippen LogP) is 1.42. The molecule has 0 saturated heterocycles. The Morgan fingerprint density at radius 3 is 2.71 bits per heavy atom. The summed E-state index contributed by atoms with van der Waals surface area (Å²) in [5.41, 5.74) is 0. The average Bonchev–Trinajstić information content (AvgIpc) is 2.65. The van der Waals surface area contributed by atoms with Crippen LogP contribution in [0.3, 0.4) is 0 Å². The minimum absolute atomic E-state index is 0.552. The highest BCUT2D eigenvalue weighted by Crippen LogP contribution is 2.05. The summed E-state index contributed by atoms with van der Waals surface area (Å²) < 4.78 is 2.57. The lowest BCUT2D eigenvalue weighted by atomic mass is 10.5. The van der Waals surface area contributed by atoms with Crippen LogP contribution in [0, 0.1) is 0 Å². The van der Waals surface area contributed by atoms with Crippen LogP contribution >= 0.6 is 15.9 Å². The average molecular weight is 312 g/mol. The van der Waals surface area contributed by atoms with Gasteiger partial charge in [-0.15, -0.1) is 5.10 Å². The zero-order valence-corrected chi connectivity index (χ0v) is 12.6. The molecule has 0 fully saturated rings. The molecule has 2 aromatic heterocycles. The molecule has 90 valence electrons. The first-order valence-electron chi connectivity index (χ1n) is 5.33. The zero-order chi connectivity index (χ0) is 12.5. The van der Waals surface area contributed by atoms with E-state index in [2.05, 4.69) is 55.9 Å². The normalized spacial score (nSPS) is 11.8. The second-order valence-corrected chi connectivity index (χ2v) is 10.7. The molecule has 0 bridgehead atoms. The summed E-state index contributed by atoms with van der Waals surface area (Å²) in [5, 5.41) is 9.43. The van der Waals surface area contributed by atoms with Gasteiger partial charge >= 0.3 is 0 Å². The van der Waals surface area contributed by atoms with Gasteiger partial charge in [-0.1, -0.05) is 24.9 Å². The van der Waals surface area contributed by atoms with E-state index in [0.29, 0.717) is 6.54 Å². The minimum Gasteiger partial charge on any atom is -0.245 e. The van der Waals surface area contributed by atoms with Crippen LogP contribution in [0.1, 0.15) is 5.82 Å². The third-order valence-electron chi connectivity index (χ3n) is 2.28. The second-order valence-electron chi connectivity index (χ2n) is 4.85. The van der Waals surface area contributed by atoms with Gasteiger partial charge in [0, 0.05) is 12.4 Å². The molecule has 0 atom stereocenters. The van der Waals surface area contributed by atoms with Crippen LogP contribution < -0.4 is 5.32 Å². The maximum Gasteiger partial charge on any atom is 0.151 e. The SMILES string of the molecule is C[Si](C)(C)c1cn(Cc2nccc(Br)n2)nn1. The first-order chi connectivity index (χ1) is 7.95. The fourth-order valence-corrected chi connectivity index (χ4v) is 2.52. The van der Waals surface area contributed by atoms with E-state index in [1.165, 1.54) is 0 Å². The van der Waals surface area contributed by atoms with Crippen molar-refractivity contribution < 1.29 is 0 Å². The topological polar surface area (TPSA) is 56.5 Å². The molecule has 0 aromatic carbocycles. The number of hydrogen-bond acceptors (Lipinski definition) is 4. The van der Waals surface area contributed by atoms with E-state index in [4.69, 9.17) is 0 Å². The predicted molar refractivity (Wildman–Crippen MR) is 71.8 cm³/mol. The van der Waals surface area contributed by atoms with Gasteiger partial charge in [-0.25, -0.2) is 14.6 Å². The lowest BCUT2D eigenvalue weighted by molar-refractivity contribution is 0.623. The smallest absolute Gasteiger partial charge is 0.151 e. The maximum absolute atomic E-state index is 4.27. The zero-order valence-electron chi connectivity index (χ0n) is 10.1. The Morgan fingerprint density at radius 2 is 2.12 bits per heavy atom. The van der Waals surface area contributed by atoms with Crippen LogP contribution in [0.15, 0.2) is 23.1 Å². The third-order valence-corrected chi connectivity index (χ3v) is 4.49. The summed E-state index contributed by atoms with van der Waals surface area (Å²) in [6.07, 6.45) is 3.72. The van der Waals surface area contributed by atoms with E-state index >= 15 is 0 Å². The Hall–Kier alpha value is -1.08. The molecule has 0 radical (unpaired) electrons. The van der Waals surface area contributed by atoms with Crippen LogP contribution in [-0.2, 0) is 6.54 Å². The molecule has 0 aliphatic rings. The molecule has 0 spiro atoms. The second kappa shape index (κ2) is 4.65. The monoisotopic (exact) mass is 311 g/mol. The molecule has 0 saturated carbocycles. The van der Waals surface area contributed by atoms with E-state index in [-0.39, 0.29) is 0 Å². The molecule has 0 N–H and O–H groups in total. The van der Waals surface area contributed by atoms with Crippen molar-refractivity contribution in [3.05, 3.63) is 28.9 Å². The molecule has 7 heteroatoms. The molecule has 2 rings (SSSR count). The number of hydrogen-bond donors (Lipinski definition) is 0. The summed E-state index contributed by atoms with van der Waals surface area (Å²) in [7, 11) is -1.39. The third kappa shape index (κ3) is 3.19. The van der Waals surface area contributed by atoms with Crippen LogP contribution in [-0.4, -0.2) is 33.0 Å². The van der Waals surface area contributed by atoms with Gasteiger partial charge in [-0.3, -0.25) is 0 Å². The highest BCUT2D eigenvalue weighted by Gasteiger charge is 2.20. The van der Waals surface area contributed by atoms with Crippen molar-refractivity contribution in [2.75, 3.05) is 0 Å². The lowest BCUT2D eigenvalue weighted by Crippen LogP contribution is -2.38. The van der Waals surface area contributed by atoms with Crippen molar-refractivity contribution in [1.82, 2.24) is 25.0 Å². The van der Waals surface area contributed by atoms with Gasteiger partial charge in [-0.2, -0.15) is 0 Å². The molecular formula is C10H14BrN5Si. The van der Waals surface area contributed by atoms with E-state index in [0.717, 1.165) is 15.7 Å². The van der Waals surface area contributed by atoms with Crippen molar-refractivity contribution in [3.8, 4) is 0 Å². The van der Waals surface area contributed by atoms with Crippen molar-refractivity contribution in [3.63, 3.8) is 0 Å². The van der Waals surface area contributed by atoms with Gasteiger partial charge in [0.25, 0.3) is 0 Å². The Morgan fingerprint density at radius 1 is 1.35 bits per heavy atom. The van der Waals surface area contributed by atoms with Crippen molar-refractivity contribution in [2.24, 2.45) is 0 Å². The Balaban J connectivity index is 2.17. The van der Waals surface area contributed by atoms with E-state index in [9.17, 15) is 0 Å². The summed E-state index contributed by atoms with van der Waals surface area (Å²) in [6.45, 7) is 7.29. The minimum atomic E-state index is -1.39. The first-order valence-corrected chi connectivity index (χ1v) is 9.62. The summed E-state index contributed by atoms with van der Waals surface area (Å²) in [4.78, 5) is 8.46. The van der Waals surface area contributed by atoms with E-state index in [1.54, 1.807) is 16.9 Å². The number of rotatable bonds is 3. The summed E-state index contributed by atoms with van der Waals surface area (Å²) >= 11 is 3.32. The van der Waals surface area contributed by atoms with Crippen LogP contribution in [0.4, 0.5) is 0 Å². The molecule has 0 aliphatic heterocycles. The number of halogens is 1. The quantitative estimate of drug-likeness (QED) is 0.635. The first kappa shape index (κ1) is 12.4. The summed E-state index contributed by atoms with van der Waals surface area (Å²) in [6, 6.07) is 1.80. The van der Waals surface area contributed by atoms with Gasteiger partial charge in [0.2, 0.25) is 0 Å². The number of nitrogens with zero attached hydrogens (tertiary/aromatic N) is 5. The molecule has 17 heavy (non-hydrogen) atoms. The fourth-order valence-electron chi connectivity index (χ4n) is 1.31. The van der Waals surface area contributed by atoms with Crippen molar-refractivity contribution >= 4 is 29.3 Å². The van der Waals surface area contributed by atoms with Crippen molar-refractivity contribution in [1.29, 1.82) is 0 Å². The molecule has 0 aliphatic carbocycles. The molecule has 0 unspecified atom stereocenters. The van der Waals surface area contributed by atoms with Gasteiger partial charge in [0.05, 0.1) is 5.32 Å². The van der Waals surface area contributed by atoms with Crippen LogP contribution in [0.2, 0.25) is 19.6 Å². The van der Waals surface area contributed by atoms with Gasteiger partial charge in [-0.05, 0) is 22.0 Å². The van der Waals surface area contributed by atoms with Gasteiger partial charge in [0.15, 0.2) is 5.82 Å². The fraction of sp³-hybridized carbons (Fsp3) is 0.400. The maximum atomic E-state index is 4.27. The Kier molecular flexibility index (Phi) is 3.39. The van der Waals surface area contributed by atoms with E-state index in [1.807, 2.05) is 6.20 Å². The highest BCUT2D eigenvalue weighted by atomic mass is 79.9. The Bertz CT molecular complexity index is 519. The summed E-state index contributed by atoms with van der Waals surface area (Å²) in [5.74, 6) is 0.728. The van der Waals surface area contributed by atoms with Crippen LogP contribution in [0.25, 0.3) is 0 Å². The Labute approximate surface area is 109 Å². The largest absolute Gasteiger partial charge is 0.245 e. The molecular weight excluding hydrogens is 298 g/mol. The number of aromatic nitrogens is 5. The van der Waals surface area contributed by atoms with Gasteiger partial charge in [0.1, 0.15) is 19.2 Å². The van der Waals surface area contributed by atoms with Crippen molar-refractivity contribution in [2.45, 2.75) is 26.2 Å².